The Balaban J connectivity index is 2.54. The first kappa shape index (κ1) is 10.8. The molecule has 1 N–H and O–H groups in total. The predicted molar refractivity (Wildman–Crippen MR) is 58.0 cm³/mol. The molecule has 4 heteroatoms. The number of carbonyl (C=O) groups excluding carboxylic acids is 1. The van der Waals surface area contributed by atoms with Crippen LogP contribution in [-0.2, 0) is 11.2 Å². The van der Waals surface area contributed by atoms with Gasteiger partial charge in [0.25, 0.3) is 0 Å². The summed E-state index contributed by atoms with van der Waals surface area (Å²) >= 11 is 0. The van der Waals surface area contributed by atoms with Crippen molar-refractivity contribution >= 4 is 5.97 Å². The van der Waals surface area contributed by atoms with Crippen LogP contribution in [0, 0.1) is 6.92 Å². The minimum Gasteiger partial charge on any atom is -0.508 e. The van der Waals surface area contributed by atoms with E-state index in [2.05, 4.69) is 0 Å². The number of rotatable bonds is 1. The zero-order valence-electron chi connectivity index (χ0n) is 9.37. The van der Waals surface area contributed by atoms with Gasteiger partial charge in [-0.15, -0.1) is 0 Å². The zero-order chi connectivity index (χ0) is 11.7. The lowest BCUT2D eigenvalue weighted by Crippen LogP contribution is -2.12. The maximum absolute atomic E-state index is 11.0. The highest BCUT2D eigenvalue weighted by Gasteiger charge is 2.22. The van der Waals surface area contributed by atoms with Crippen molar-refractivity contribution in [1.82, 2.24) is 0 Å². The van der Waals surface area contributed by atoms with Gasteiger partial charge >= 0.3 is 5.97 Å². The number of hydrogen-bond donors (Lipinski definition) is 1. The lowest BCUT2D eigenvalue weighted by molar-refractivity contribution is -0.132. The zero-order valence-corrected chi connectivity index (χ0v) is 9.37. The molecule has 16 heavy (non-hydrogen) atoms. The van der Waals surface area contributed by atoms with Crippen molar-refractivity contribution in [3.8, 4) is 17.2 Å². The Morgan fingerprint density at radius 1 is 1.56 bits per heavy atom. The van der Waals surface area contributed by atoms with Crippen LogP contribution in [0.4, 0.5) is 0 Å². The summed E-state index contributed by atoms with van der Waals surface area (Å²) in [5.41, 5.74) is 1.43. The van der Waals surface area contributed by atoms with Gasteiger partial charge in [0, 0.05) is 12.5 Å². The van der Waals surface area contributed by atoms with Crippen LogP contribution in [0.15, 0.2) is 6.07 Å². The topological polar surface area (TPSA) is 55.8 Å². The van der Waals surface area contributed by atoms with Crippen molar-refractivity contribution < 1.29 is 19.4 Å². The van der Waals surface area contributed by atoms with E-state index in [1.54, 1.807) is 13.0 Å². The molecular formula is C12H14O4. The summed E-state index contributed by atoms with van der Waals surface area (Å²) in [6.07, 6.45) is 1.61. The van der Waals surface area contributed by atoms with E-state index in [0.717, 1.165) is 18.4 Å². The number of phenols is 1. The van der Waals surface area contributed by atoms with E-state index in [1.807, 2.05) is 0 Å². The Bertz CT molecular complexity index is 437. The van der Waals surface area contributed by atoms with Crippen molar-refractivity contribution in [3.05, 3.63) is 17.2 Å². The van der Waals surface area contributed by atoms with Crippen LogP contribution in [0.3, 0.4) is 0 Å². The number of ether oxygens (including phenoxy) is 2. The van der Waals surface area contributed by atoms with Crippen molar-refractivity contribution in [1.29, 1.82) is 0 Å². The molecule has 0 atom stereocenters. The summed E-state index contributed by atoms with van der Waals surface area (Å²) in [4.78, 5) is 11.0. The second-order valence-electron chi connectivity index (χ2n) is 3.90. The van der Waals surface area contributed by atoms with Crippen molar-refractivity contribution in [2.75, 3.05) is 6.61 Å². The van der Waals surface area contributed by atoms with Crippen molar-refractivity contribution in [2.24, 2.45) is 0 Å². The molecule has 0 spiro atoms. The monoisotopic (exact) mass is 222 g/mol. The Labute approximate surface area is 93.8 Å². The van der Waals surface area contributed by atoms with E-state index in [0.29, 0.717) is 23.7 Å². The Morgan fingerprint density at radius 2 is 2.31 bits per heavy atom. The first-order valence-electron chi connectivity index (χ1n) is 5.26. The molecule has 1 aromatic carbocycles. The second-order valence-corrected chi connectivity index (χ2v) is 3.90. The van der Waals surface area contributed by atoms with Gasteiger partial charge in [0.05, 0.1) is 6.61 Å². The molecule has 0 aromatic heterocycles. The second kappa shape index (κ2) is 4.04. The van der Waals surface area contributed by atoms with Gasteiger partial charge in [0.1, 0.15) is 5.75 Å². The Kier molecular flexibility index (Phi) is 2.73. The van der Waals surface area contributed by atoms with Crippen LogP contribution in [0.1, 0.15) is 24.5 Å². The van der Waals surface area contributed by atoms with E-state index in [1.165, 1.54) is 6.92 Å². The van der Waals surface area contributed by atoms with E-state index < -0.39 is 0 Å². The molecular weight excluding hydrogens is 208 g/mol. The SMILES string of the molecule is CC(=O)Oc1c(C)cc(O)c2c1OCCC2. The largest absolute Gasteiger partial charge is 0.508 e. The third kappa shape index (κ3) is 1.83. The van der Waals surface area contributed by atoms with Crippen LogP contribution in [0.25, 0.3) is 0 Å². The van der Waals surface area contributed by atoms with E-state index in [-0.39, 0.29) is 11.7 Å². The highest BCUT2D eigenvalue weighted by atomic mass is 16.6. The van der Waals surface area contributed by atoms with Gasteiger partial charge in [0.2, 0.25) is 0 Å². The summed E-state index contributed by atoms with van der Waals surface area (Å²) in [6, 6.07) is 1.60. The molecule has 1 aromatic rings. The van der Waals surface area contributed by atoms with Gasteiger partial charge in [-0.25, -0.2) is 0 Å². The highest BCUT2D eigenvalue weighted by molar-refractivity contribution is 5.72. The van der Waals surface area contributed by atoms with E-state index >= 15 is 0 Å². The van der Waals surface area contributed by atoms with Gasteiger partial charge in [-0.1, -0.05) is 0 Å². The third-order valence-corrected chi connectivity index (χ3v) is 2.56. The predicted octanol–water partition coefficient (Wildman–Crippen LogP) is 1.95. The van der Waals surface area contributed by atoms with E-state index in [4.69, 9.17) is 9.47 Å². The summed E-state index contributed by atoms with van der Waals surface area (Å²) < 4.78 is 10.6. The number of benzene rings is 1. The summed E-state index contributed by atoms with van der Waals surface area (Å²) in [5, 5.41) is 9.78. The highest BCUT2D eigenvalue weighted by Crippen LogP contribution is 2.42. The van der Waals surface area contributed by atoms with Crippen LogP contribution in [-0.4, -0.2) is 17.7 Å². The molecule has 0 amide bonds. The standard InChI is InChI=1S/C12H14O4/c1-7-6-10(14)9-4-3-5-15-12(9)11(7)16-8(2)13/h6,14H,3-5H2,1-2H3. The maximum atomic E-state index is 11.0. The fraction of sp³-hybridized carbons (Fsp3) is 0.417. The molecule has 2 rings (SSSR count). The van der Waals surface area contributed by atoms with Gasteiger partial charge in [0.15, 0.2) is 11.5 Å². The maximum Gasteiger partial charge on any atom is 0.308 e. The van der Waals surface area contributed by atoms with Gasteiger partial charge in [-0.3, -0.25) is 4.79 Å². The number of aromatic hydroxyl groups is 1. The van der Waals surface area contributed by atoms with Crippen molar-refractivity contribution in [2.45, 2.75) is 26.7 Å². The molecule has 4 nitrogen and oxygen atoms in total. The average Bonchev–Trinajstić information content (AvgIpc) is 2.24. The molecule has 86 valence electrons. The molecule has 0 unspecified atom stereocenters. The van der Waals surface area contributed by atoms with Crippen molar-refractivity contribution in [3.63, 3.8) is 0 Å². The molecule has 1 aliphatic heterocycles. The van der Waals surface area contributed by atoms with Crippen LogP contribution < -0.4 is 9.47 Å². The normalized spacial score (nSPS) is 13.9. The number of phenolic OH excluding ortho intramolecular Hbond substituents is 1. The average molecular weight is 222 g/mol. The first-order chi connectivity index (χ1) is 7.59. The smallest absolute Gasteiger partial charge is 0.308 e. The first-order valence-corrected chi connectivity index (χ1v) is 5.26. The molecule has 0 bridgehead atoms. The fourth-order valence-corrected chi connectivity index (χ4v) is 1.88. The molecule has 0 aliphatic carbocycles. The number of aryl methyl sites for hydroxylation is 1. The summed E-state index contributed by atoms with van der Waals surface area (Å²) in [7, 11) is 0. The summed E-state index contributed by atoms with van der Waals surface area (Å²) in [5.74, 6) is 0.771. The molecule has 0 saturated carbocycles. The molecule has 0 saturated heterocycles. The Hall–Kier alpha value is -1.71. The minimum absolute atomic E-state index is 0.211. The molecule has 1 aliphatic rings. The molecule has 1 heterocycles. The lowest BCUT2D eigenvalue weighted by Gasteiger charge is -2.22. The molecule has 0 fully saturated rings. The Morgan fingerprint density at radius 3 is 3.00 bits per heavy atom. The van der Waals surface area contributed by atoms with Crippen LogP contribution in [0.5, 0.6) is 17.2 Å². The third-order valence-electron chi connectivity index (χ3n) is 2.56. The lowest BCUT2D eigenvalue weighted by atomic mass is 10.0. The number of fused-ring (bicyclic) bond motifs is 1. The molecule has 0 radical (unpaired) electrons. The van der Waals surface area contributed by atoms with E-state index in [9.17, 15) is 9.90 Å². The van der Waals surface area contributed by atoms with Crippen LogP contribution >= 0.6 is 0 Å². The summed E-state index contributed by atoms with van der Waals surface area (Å²) in [6.45, 7) is 3.71. The van der Waals surface area contributed by atoms with Gasteiger partial charge in [-0.05, 0) is 31.4 Å². The van der Waals surface area contributed by atoms with Crippen LogP contribution in [0.2, 0.25) is 0 Å². The number of carbonyl (C=O) groups is 1. The van der Waals surface area contributed by atoms with Gasteiger partial charge < -0.3 is 14.6 Å². The quantitative estimate of drug-likeness (QED) is 0.583. The number of hydrogen-bond acceptors (Lipinski definition) is 4. The van der Waals surface area contributed by atoms with Gasteiger partial charge in [-0.2, -0.15) is 0 Å². The number of esters is 1. The minimum atomic E-state index is -0.384. The fourth-order valence-electron chi connectivity index (χ4n) is 1.88.